The fraction of sp³-hybridized carbons (Fsp3) is 0.114. The number of hydrogen-bond donors (Lipinski definition) is 3. The van der Waals surface area contributed by atoms with Gasteiger partial charge in [-0.2, -0.15) is 0 Å². The number of anilines is 1. The third-order valence-corrected chi connectivity index (χ3v) is 7.35. The minimum absolute atomic E-state index is 0.237. The predicted molar refractivity (Wildman–Crippen MR) is 166 cm³/mol. The minimum atomic E-state index is -0.994. The molecule has 0 bridgehead atoms. The standard InChI is InChI=1S/C35H30N4O3/c1-23-9-7-14-27(19-23)30(21-31(40)41)37-35(42)29-15-8-18-39-33(29)38-32(34(39)36-22-24-10-3-2-4-11-24)28-17-16-25-12-5-6-13-26(25)20-28/h2-20,30,36H,21-22H2,1H3,(H,37,42)(H,40,41). The third-order valence-electron chi connectivity index (χ3n) is 7.35. The van der Waals surface area contributed by atoms with Crippen molar-refractivity contribution in [1.82, 2.24) is 14.7 Å². The molecule has 0 radical (unpaired) electrons. The molecular formula is C35H30N4O3. The number of imidazole rings is 1. The molecule has 0 saturated carbocycles. The van der Waals surface area contributed by atoms with Crippen LogP contribution in [0.3, 0.4) is 0 Å². The van der Waals surface area contributed by atoms with Crippen LogP contribution in [-0.2, 0) is 11.3 Å². The van der Waals surface area contributed by atoms with Gasteiger partial charge in [0, 0.05) is 18.3 Å². The van der Waals surface area contributed by atoms with E-state index in [0.717, 1.165) is 44.5 Å². The molecule has 7 heteroatoms. The van der Waals surface area contributed by atoms with Gasteiger partial charge < -0.3 is 15.7 Å². The highest BCUT2D eigenvalue weighted by Gasteiger charge is 2.23. The van der Waals surface area contributed by atoms with Crippen molar-refractivity contribution >= 4 is 34.1 Å². The molecule has 1 atom stereocenters. The van der Waals surface area contributed by atoms with Crippen LogP contribution < -0.4 is 10.6 Å². The fourth-order valence-electron chi connectivity index (χ4n) is 5.28. The number of rotatable bonds is 9. The minimum Gasteiger partial charge on any atom is -0.481 e. The molecule has 0 saturated heterocycles. The van der Waals surface area contributed by atoms with E-state index in [1.807, 2.05) is 78.2 Å². The Morgan fingerprint density at radius 2 is 1.64 bits per heavy atom. The molecule has 0 fully saturated rings. The van der Waals surface area contributed by atoms with Crippen molar-refractivity contribution < 1.29 is 14.7 Å². The Morgan fingerprint density at radius 3 is 2.43 bits per heavy atom. The molecular weight excluding hydrogens is 524 g/mol. The van der Waals surface area contributed by atoms with E-state index in [0.29, 0.717) is 17.8 Å². The molecule has 2 aromatic heterocycles. The molecule has 208 valence electrons. The van der Waals surface area contributed by atoms with Gasteiger partial charge in [0.2, 0.25) is 0 Å². The zero-order valence-electron chi connectivity index (χ0n) is 23.1. The first-order valence-electron chi connectivity index (χ1n) is 13.8. The summed E-state index contributed by atoms with van der Waals surface area (Å²) in [6.45, 7) is 2.51. The van der Waals surface area contributed by atoms with Crippen LogP contribution >= 0.6 is 0 Å². The summed E-state index contributed by atoms with van der Waals surface area (Å²) in [6, 6.07) is 34.8. The summed E-state index contributed by atoms with van der Waals surface area (Å²) in [7, 11) is 0. The van der Waals surface area contributed by atoms with Crippen LogP contribution in [0.5, 0.6) is 0 Å². The van der Waals surface area contributed by atoms with Crippen LogP contribution in [0, 0.1) is 6.92 Å². The lowest BCUT2D eigenvalue weighted by atomic mass is 10.0. The second kappa shape index (κ2) is 11.6. The van der Waals surface area contributed by atoms with Crippen LogP contribution in [0.4, 0.5) is 5.82 Å². The smallest absolute Gasteiger partial charge is 0.305 e. The SMILES string of the molecule is Cc1cccc(C(CC(=O)O)NC(=O)c2cccn3c(NCc4ccccc4)c(-c4ccc5ccccc5c4)nc23)c1. The zero-order valence-corrected chi connectivity index (χ0v) is 23.1. The number of carboxylic acid groups (broad SMARTS) is 1. The summed E-state index contributed by atoms with van der Waals surface area (Å²) in [6.07, 6.45) is 1.64. The predicted octanol–water partition coefficient (Wildman–Crippen LogP) is 7.02. The number of carbonyl (C=O) groups excluding carboxylic acids is 1. The number of nitrogens with one attached hydrogen (secondary N) is 2. The molecule has 2 heterocycles. The van der Waals surface area contributed by atoms with Crippen molar-refractivity contribution in [2.75, 3.05) is 5.32 Å². The van der Waals surface area contributed by atoms with Crippen LogP contribution in [-0.4, -0.2) is 26.4 Å². The number of amides is 1. The van der Waals surface area contributed by atoms with E-state index < -0.39 is 17.9 Å². The highest BCUT2D eigenvalue weighted by Crippen LogP contribution is 2.33. The molecule has 42 heavy (non-hydrogen) atoms. The molecule has 4 aromatic carbocycles. The summed E-state index contributed by atoms with van der Waals surface area (Å²) in [5, 5.41) is 18.3. The number of aromatic nitrogens is 2. The van der Waals surface area contributed by atoms with E-state index in [1.165, 1.54) is 0 Å². The van der Waals surface area contributed by atoms with Gasteiger partial charge in [-0.3, -0.25) is 14.0 Å². The Bertz CT molecular complexity index is 1910. The quantitative estimate of drug-likeness (QED) is 0.179. The van der Waals surface area contributed by atoms with E-state index in [9.17, 15) is 14.7 Å². The molecule has 0 spiro atoms. The van der Waals surface area contributed by atoms with E-state index in [1.54, 1.807) is 12.1 Å². The van der Waals surface area contributed by atoms with Gasteiger partial charge in [0.15, 0.2) is 5.65 Å². The number of fused-ring (bicyclic) bond motifs is 2. The molecule has 0 aliphatic rings. The topological polar surface area (TPSA) is 95.7 Å². The average molecular weight is 555 g/mol. The second-order valence-corrected chi connectivity index (χ2v) is 10.4. The van der Waals surface area contributed by atoms with E-state index in [-0.39, 0.29) is 6.42 Å². The number of nitrogens with zero attached hydrogens (tertiary/aromatic N) is 2. The molecule has 0 aliphatic heterocycles. The van der Waals surface area contributed by atoms with Gasteiger partial charge >= 0.3 is 5.97 Å². The number of hydrogen-bond acceptors (Lipinski definition) is 4. The summed E-state index contributed by atoms with van der Waals surface area (Å²) in [4.78, 5) is 30.5. The molecule has 1 amide bonds. The largest absolute Gasteiger partial charge is 0.481 e. The van der Waals surface area contributed by atoms with Crippen molar-refractivity contribution in [3.05, 3.63) is 138 Å². The van der Waals surface area contributed by atoms with Crippen LogP contribution in [0.15, 0.2) is 115 Å². The number of carbonyl (C=O) groups is 2. The number of pyridine rings is 1. The molecule has 0 aliphatic carbocycles. The highest BCUT2D eigenvalue weighted by molar-refractivity contribution is 6.01. The monoisotopic (exact) mass is 554 g/mol. The van der Waals surface area contributed by atoms with Gasteiger partial charge in [-0.25, -0.2) is 4.98 Å². The van der Waals surface area contributed by atoms with Crippen LogP contribution in [0.1, 0.15) is 39.5 Å². The molecule has 7 nitrogen and oxygen atoms in total. The molecule has 6 aromatic rings. The van der Waals surface area contributed by atoms with Gasteiger partial charge in [-0.15, -0.1) is 0 Å². The maximum absolute atomic E-state index is 13.7. The lowest BCUT2D eigenvalue weighted by molar-refractivity contribution is -0.137. The Balaban J connectivity index is 1.43. The van der Waals surface area contributed by atoms with Crippen molar-refractivity contribution in [3.63, 3.8) is 0 Å². The maximum Gasteiger partial charge on any atom is 0.305 e. The summed E-state index contributed by atoms with van der Waals surface area (Å²) < 4.78 is 1.89. The lowest BCUT2D eigenvalue weighted by Gasteiger charge is -2.18. The Kier molecular flexibility index (Phi) is 7.39. The third kappa shape index (κ3) is 5.58. The first-order chi connectivity index (χ1) is 20.5. The van der Waals surface area contributed by atoms with Gasteiger partial charge in [0.05, 0.1) is 18.0 Å². The Labute approximate surface area is 243 Å². The summed E-state index contributed by atoms with van der Waals surface area (Å²) >= 11 is 0. The van der Waals surface area contributed by atoms with Crippen molar-refractivity contribution in [2.24, 2.45) is 0 Å². The highest BCUT2D eigenvalue weighted by atomic mass is 16.4. The van der Waals surface area contributed by atoms with Crippen molar-refractivity contribution in [2.45, 2.75) is 25.9 Å². The van der Waals surface area contributed by atoms with Crippen LogP contribution in [0.2, 0.25) is 0 Å². The number of aliphatic carboxylic acids is 1. The number of carboxylic acids is 1. The fourth-order valence-corrected chi connectivity index (χ4v) is 5.28. The second-order valence-electron chi connectivity index (χ2n) is 10.4. The number of benzene rings is 4. The van der Waals surface area contributed by atoms with E-state index in [2.05, 4.69) is 47.0 Å². The molecule has 6 rings (SSSR count). The van der Waals surface area contributed by atoms with Crippen LogP contribution in [0.25, 0.3) is 27.7 Å². The zero-order chi connectivity index (χ0) is 29.1. The maximum atomic E-state index is 13.7. The Morgan fingerprint density at radius 1 is 0.857 bits per heavy atom. The average Bonchev–Trinajstić information content (AvgIpc) is 3.38. The first-order valence-corrected chi connectivity index (χ1v) is 13.8. The Hall–Kier alpha value is -5.43. The van der Waals surface area contributed by atoms with Crippen molar-refractivity contribution in [3.8, 4) is 11.3 Å². The van der Waals surface area contributed by atoms with Gasteiger partial charge in [0.1, 0.15) is 11.5 Å². The summed E-state index contributed by atoms with van der Waals surface area (Å²) in [5.74, 6) is -0.621. The van der Waals surface area contributed by atoms with Gasteiger partial charge in [-0.05, 0) is 47.0 Å². The molecule has 1 unspecified atom stereocenters. The normalized spacial score (nSPS) is 11.8. The van der Waals surface area contributed by atoms with Gasteiger partial charge in [-0.1, -0.05) is 96.6 Å². The van der Waals surface area contributed by atoms with E-state index >= 15 is 0 Å². The van der Waals surface area contributed by atoms with E-state index in [4.69, 9.17) is 4.98 Å². The summed E-state index contributed by atoms with van der Waals surface area (Å²) in [5.41, 5.74) is 5.31. The lowest BCUT2D eigenvalue weighted by Crippen LogP contribution is -2.30. The number of aryl methyl sites for hydroxylation is 1. The van der Waals surface area contributed by atoms with Crippen molar-refractivity contribution in [1.29, 1.82) is 0 Å². The van der Waals surface area contributed by atoms with Gasteiger partial charge in [0.25, 0.3) is 5.91 Å². The molecule has 3 N–H and O–H groups in total. The first kappa shape index (κ1) is 26.8.